The number of carboxylic acid groups (broad SMARTS) is 1. The molecule has 0 aromatic carbocycles. The fraction of sp³-hybridized carbons (Fsp3) is 0.400. The van der Waals surface area contributed by atoms with Crippen molar-refractivity contribution in [3.63, 3.8) is 0 Å². The van der Waals surface area contributed by atoms with E-state index in [2.05, 4.69) is 21.8 Å². The van der Waals surface area contributed by atoms with E-state index in [9.17, 15) is 9.90 Å². The van der Waals surface area contributed by atoms with Gasteiger partial charge in [0.2, 0.25) is 0 Å². The third-order valence-corrected chi connectivity index (χ3v) is 3.65. The molecule has 0 amide bonds. The number of piperidine rings is 1. The molecule has 0 aliphatic carbocycles. The fourth-order valence-corrected chi connectivity index (χ4v) is 2.62. The fourth-order valence-electron chi connectivity index (χ4n) is 2.62. The van der Waals surface area contributed by atoms with E-state index in [1.165, 1.54) is 18.8 Å². The van der Waals surface area contributed by atoms with Gasteiger partial charge in [-0.05, 0) is 30.9 Å². The highest BCUT2D eigenvalue weighted by Crippen LogP contribution is 2.25. The molecule has 1 aliphatic heterocycles. The molecule has 0 radical (unpaired) electrons. The number of aromatic carboxylic acids is 1. The number of rotatable bonds is 3. The largest absolute Gasteiger partial charge is 0.477 e. The van der Waals surface area contributed by atoms with Gasteiger partial charge in [0.1, 0.15) is 5.82 Å². The highest BCUT2D eigenvalue weighted by Gasteiger charge is 2.21. The van der Waals surface area contributed by atoms with Crippen molar-refractivity contribution in [2.45, 2.75) is 19.8 Å². The van der Waals surface area contributed by atoms with Crippen LogP contribution in [0.4, 0.5) is 5.82 Å². The molecule has 1 aliphatic rings. The van der Waals surface area contributed by atoms with Crippen molar-refractivity contribution in [2.24, 2.45) is 5.92 Å². The SMILES string of the molecule is CC1CCCN(c2cc(C(=O)O)nc(-c3ccco3)n2)C1. The molecule has 1 atom stereocenters. The van der Waals surface area contributed by atoms with E-state index in [1.54, 1.807) is 12.1 Å². The van der Waals surface area contributed by atoms with Gasteiger partial charge >= 0.3 is 5.97 Å². The summed E-state index contributed by atoms with van der Waals surface area (Å²) in [5, 5.41) is 9.24. The Balaban J connectivity index is 2.01. The van der Waals surface area contributed by atoms with Crippen molar-refractivity contribution in [2.75, 3.05) is 18.0 Å². The number of nitrogens with zero attached hydrogens (tertiary/aromatic N) is 3. The lowest BCUT2D eigenvalue weighted by Crippen LogP contribution is -2.35. The molecule has 0 saturated carbocycles. The minimum absolute atomic E-state index is 0.00961. The van der Waals surface area contributed by atoms with Crippen LogP contribution < -0.4 is 4.90 Å². The molecule has 21 heavy (non-hydrogen) atoms. The Kier molecular flexibility index (Phi) is 3.60. The van der Waals surface area contributed by atoms with Crippen molar-refractivity contribution in [3.8, 4) is 11.6 Å². The van der Waals surface area contributed by atoms with E-state index in [4.69, 9.17) is 4.42 Å². The van der Waals surface area contributed by atoms with Crippen molar-refractivity contribution in [3.05, 3.63) is 30.2 Å². The van der Waals surface area contributed by atoms with Crippen LogP contribution in [0.5, 0.6) is 0 Å². The maximum atomic E-state index is 11.3. The summed E-state index contributed by atoms with van der Waals surface area (Å²) in [5.74, 6) is 0.962. The van der Waals surface area contributed by atoms with Crippen LogP contribution in [0.25, 0.3) is 11.6 Å². The molecule has 110 valence electrons. The van der Waals surface area contributed by atoms with Gasteiger partial charge in [0.25, 0.3) is 0 Å². The van der Waals surface area contributed by atoms with E-state index in [-0.39, 0.29) is 5.69 Å². The first kappa shape index (κ1) is 13.6. The van der Waals surface area contributed by atoms with Gasteiger partial charge in [-0.2, -0.15) is 0 Å². The Hall–Kier alpha value is -2.37. The van der Waals surface area contributed by atoms with Gasteiger partial charge in [-0.3, -0.25) is 0 Å². The zero-order valence-electron chi connectivity index (χ0n) is 11.8. The van der Waals surface area contributed by atoms with E-state index in [0.717, 1.165) is 19.5 Å². The Morgan fingerprint density at radius 1 is 1.48 bits per heavy atom. The lowest BCUT2D eigenvalue weighted by molar-refractivity contribution is 0.0690. The van der Waals surface area contributed by atoms with Crippen molar-refractivity contribution in [1.29, 1.82) is 0 Å². The molecule has 2 aromatic heterocycles. The molecule has 1 saturated heterocycles. The number of anilines is 1. The summed E-state index contributed by atoms with van der Waals surface area (Å²) < 4.78 is 5.28. The number of carbonyl (C=O) groups is 1. The topological polar surface area (TPSA) is 79.5 Å². The molecule has 0 bridgehead atoms. The van der Waals surface area contributed by atoms with Crippen LogP contribution in [-0.2, 0) is 0 Å². The van der Waals surface area contributed by atoms with Gasteiger partial charge < -0.3 is 14.4 Å². The second-order valence-corrected chi connectivity index (χ2v) is 5.41. The number of carboxylic acids is 1. The van der Waals surface area contributed by atoms with Crippen LogP contribution >= 0.6 is 0 Å². The zero-order chi connectivity index (χ0) is 14.8. The minimum Gasteiger partial charge on any atom is -0.477 e. The summed E-state index contributed by atoms with van der Waals surface area (Å²) in [6.07, 6.45) is 3.80. The van der Waals surface area contributed by atoms with Crippen LogP contribution in [0, 0.1) is 5.92 Å². The first-order chi connectivity index (χ1) is 10.1. The highest BCUT2D eigenvalue weighted by molar-refractivity contribution is 5.86. The van der Waals surface area contributed by atoms with Crippen LogP contribution in [0.15, 0.2) is 28.9 Å². The molecular weight excluding hydrogens is 270 g/mol. The second-order valence-electron chi connectivity index (χ2n) is 5.41. The van der Waals surface area contributed by atoms with Gasteiger partial charge in [0.05, 0.1) is 6.26 Å². The van der Waals surface area contributed by atoms with E-state index in [1.807, 2.05) is 0 Å². The Morgan fingerprint density at radius 3 is 3.00 bits per heavy atom. The monoisotopic (exact) mass is 287 g/mol. The maximum Gasteiger partial charge on any atom is 0.354 e. The van der Waals surface area contributed by atoms with Crippen LogP contribution in [0.3, 0.4) is 0 Å². The summed E-state index contributed by atoms with van der Waals surface area (Å²) in [6, 6.07) is 4.99. The molecule has 1 N–H and O–H groups in total. The van der Waals surface area contributed by atoms with Crippen molar-refractivity contribution >= 4 is 11.8 Å². The van der Waals surface area contributed by atoms with Gasteiger partial charge in [-0.25, -0.2) is 14.8 Å². The van der Waals surface area contributed by atoms with Gasteiger partial charge in [0.15, 0.2) is 17.3 Å². The lowest BCUT2D eigenvalue weighted by Gasteiger charge is -2.32. The van der Waals surface area contributed by atoms with Crippen molar-refractivity contribution in [1.82, 2.24) is 9.97 Å². The molecule has 1 unspecified atom stereocenters. The average molecular weight is 287 g/mol. The standard InChI is InChI=1S/C15H17N3O3/c1-10-4-2-6-18(9-10)13-8-11(15(19)20)16-14(17-13)12-5-3-7-21-12/h3,5,7-8,10H,2,4,6,9H2,1H3,(H,19,20). The molecule has 6 nitrogen and oxygen atoms in total. The van der Waals surface area contributed by atoms with Gasteiger partial charge in [-0.15, -0.1) is 0 Å². The second kappa shape index (κ2) is 5.55. The number of hydrogen-bond acceptors (Lipinski definition) is 5. The Labute approximate surface area is 122 Å². The van der Waals surface area contributed by atoms with E-state index in [0.29, 0.717) is 23.3 Å². The first-order valence-corrected chi connectivity index (χ1v) is 7.04. The van der Waals surface area contributed by atoms with Gasteiger partial charge in [0, 0.05) is 19.2 Å². The number of hydrogen-bond donors (Lipinski definition) is 1. The minimum atomic E-state index is -1.06. The van der Waals surface area contributed by atoms with E-state index < -0.39 is 5.97 Å². The summed E-state index contributed by atoms with van der Waals surface area (Å²) in [6.45, 7) is 3.96. The maximum absolute atomic E-state index is 11.3. The first-order valence-electron chi connectivity index (χ1n) is 7.04. The lowest BCUT2D eigenvalue weighted by atomic mass is 10.0. The number of furan rings is 1. The Morgan fingerprint density at radius 2 is 2.33 bits per heavy atom. The highest BCUT2D eigenvalue weighted by atomic mass is 16.4. The van der Waals surface area contributed by atoms with Crippen LogP contribution in [0.2, 0.25) is 0 Å². The van der Waals surface area contributed by atoms with E-state index >= 15 is 0 Å². The summed E-state index contributed by atoms with van der Waals surface area (Å²) >= 11 is 0. The molecule has 6 heteroatoms. The predicted octanol–water partition coefficient (Wildman–Crippen LogP) is 2.67. The molecule has 1 fully saturated rings. The van der Waals surface area contributed by atoms with Crippen LogP contribution in [0.1, 0.15) is 30.3 Å². The van der Waals surface area contributed by atoms with Crippen molar-refractivity contribution < 1.29 is 14.3 Å². The quantitative estimate of drug-likeness (QED) is 0.935. The molecule has 3 rings (SSSR count). The normalized spacial score (nSPS) is 18.7. The predicted molar refractivity (Wildman–Crippen MR) is 77.3 cm³/mol. The summed E-state index contributed by atoms with van der Waals surface area (Å²) in [4.78, 5) is 21.9. The summed E-state index contributed by atoms with van der Waals surface area (Å²) in [7, 11) is 0. The van der Waals surface area contributed by atoms with Gasteiger partial charge in [-0.1, -0.05) is 6.92 Å². The number of aromatic nitrogens is 2. The molecule has 2 aromatic rings. The smallest absolute Gasteiger partial charge is 0.354 e. The third kappa shape index (κ3) is 2.89. The molecular formula is C15H17N3O3. The summed E-state index contributed by atoms with van der Waals surface area (Å²) in [5.41, 5.74) is -0.00961. The zero-order valence-corrected chi connectivity index (χ0v) is 11.8. The average Bonchev–Trinajstić information content (AvgIpc) is 3.01. The Bertz CT molecular complexity index is 640. The molecule has 0 spiro atoms. The third-order valence-electron chi connectivity index (χ3n) is 3.65. The van der Waals surface area contributed by atoms with Crippen LogP contribution in [-0.4, -0.2) is 34.1 Å². The molecule has 3 heterocycles.